The van der Waals surface area contributed by atoms with Gasteiger partial charge >= 0.3 is 5.97 Å². The second-order valence-corrected chi connectivity index (χ2v) is 5.47. The minimum absolute atomic E-state index is 0.0848. The molecular weight excluding hydrogens is 268 g/mol. The van der Waals surface area contributed by atoms with Crippen molar-refractivity contribution in [2.24, 2.45) is 0 Å². The van der Waals surface area contributed by atoms with Crippen LogP contribution in [0.25, 0.3) is 0 Å². The Morgan fingerprint density at radius 3 is 3.05 bits per heavy atom. The molecule has 2 N–H and O–H groups in total. The monoisotopic (exact) mass is 286 g/mol. The van der Waals surface area contributed by atoms with Crippen LogP contribution in [0.3, 0.4) is 0 Å². The molecule has 0 amide bonds. The molecule has 0 spiro atoms. The maximum Gasteiger partial charge on any atom is 0.354 e. The quantitative estimate of drug-likeness (QED) is 0.873. The van der Waals surface area contributed by atoms with E-state index in [4.69, 9.17) is 5.11 Å². The molecular formula is C15H18N4O2. The second kappa shape index (κ2) is 5.65. The number of aromatic amines is 1. The average molecular weight is 286 g/mol. The van der Waals surface area contributed by atoms with Crippen LogP contribution in [-0.2, 0) is 25.9 Å². The Morgan fingerprint density at radius 1 is 1.38 bits per heavy atom. The zero-order chi connectivity index (χ0) is 14.8. The van der Waals surface area contributed by atoms with Crippen molar-refractivity contribution in [1.29, 1.82) is 0 Å². The number of fused-ring (bicyclic) bond motifs is 1. The molecule has 2 heterocycles. The van der Waals surface area contributed by atoms with Crippen LogP contribution in [0.1, 0.15) is 39.6 Å². The number of carboxylic acids is 1. The third kappa shape index (κ3) is 2.95. The van der Waals surface area contributed by atoms with Crippen molar-refractivity contribution in [3.05, 3.63) is 46.5 Å². The first-order valence-electron chi connectivity index (χ1n) is 7.06. The molecule has 0 fully saturated rings. The van der Waals surface area contributed by atoms with E-state index in [2.05, 4.69) is 20.1 Å². The van der Waals surface area contributed by atoms with Gasteiger partial charge < -0.3 is 5.11 Å². The standard InChI is InChI=1S/C15H18N4O2/c1-19(8-10-4-2-7-13(16-10)15(20)21)9-14-11-5-3-6-12(11)17-18-14/h2,4,7H,3,5-6,8-9H2,1H3,(H,17,18)(H,20,21). The van der Waals surface area contributed by atoms with Crippen LogP contribution in [0.2, 0.25) is 0 Å². The summed E-state index contributed by atoms with van der Waals surface area (Å²) in [6, 6.07) is 5.08. The lowest BCUT2D eigenvalue weighted by molar-refractivity contribution is 0.0690. The van der Waals surface area contributed by atoms with Crippen LogP contribution in [-0.4, -0.2) is 38.2 Å². The molecule has 0 aliphatic heterocycles. The number of carboxylic acid groups (broad SMARTS) is 1. The Bertz CT molecular complexity index is 665. The largest absolute Gasteiger partial charge is 0.477 e. The van der Waals surface area contributed by atoms with Gasteiger partial charge in [-0.2, -0.15) is 5.10 Å². The van der Waals surface area contributed by atoms with Crippen molar-refractivity contribution in [2.45, 2.75) is 32.4 Å². The van der Waals surface area contributed by atoms with Gasteiger partial charge in [-0.3, -0.25) is 10.00 Å². The van der Waals surface area contributed by atoms with Gasteiger partial charge in [-0.1, -0.05) is 6.07 Å². The summed E-state index contributed by atoms with van der Waals surface area (Å²) in [5, 5.41) is 16.5. The van der Waals surface area contributed by atoms with E-state index < -0.39 is 5.97 Å². The molecule has 0 aromatic carbocycles. The minimum atomic E-state index is -0.996. The topological polar surface area (TPSA) is 82.1 Å². The molecule has 0 radical (unpaired) electrons. The number of pyridine rings is 1. The van der Waals surface area contributed by atoms with Gasteiger partial charge in [-0.25, -0.2) is 9.78 Å². The molecule has 1 aliphatic rings. The SMILES string of the molecule is CN(Cc1cccc(C(=O)O)n1)Cc1n[nH]c2c1CCC2. The zero-order valence-corrected chi connectivity index (χ0v) is 12.0. The van der Waals surface area contributed by atoms with Crippen molar-refractivity contribution in [1.82, 2.24) is 20.1 Å². The maximum atomic E-state index is 10.9. The van der Waals surface area contributed by atoms with Crippen LogP contribution in [0.15, 0.2) is 18.2 Å². The van der Waals surface area contributed by atoms with E-state index in [1.807, 2.05) is 13.1 Å². The molecule has 1 aliphatic carbocycles. The first-order valence-corrected chi connectivity index (χ1v) is 7.06. The van der Waals surface area contributed by atoms with Crippen molar-refractivity contribution in [3.8, 4) is 0 Å². The number of hydrogen-bond acceptors (Lipinski definition) is 4. The van der Waals surface area contributed by atoms with E-state index >= 15 is 0 Å². The number of hydrogen-bond donors (Lipinski definition) is 2. The fourth-order valence-corrected chi connectivity index (χ4v) is 2.79. The van der Waals surface area contributed by atoms with Crippen molar-refractivity contribution in [2.75, 3.05) is 7.05 Å². The van der Waals surface area contributed by atoms with Gasteiger partial charge in [0.15, 0.2) is 0 Å². The van der Waals surface area contributed by atoms with Gasteiger partial charge in [0.2, 0.25) is 0 Å². The molecule has 2 aromatic rings. The molecule has 6 heteroatoms. The van der Waals surface area contributed by atoms with E-state index in [1.54, 1.807) is 6.07 Å². The number of nitrogens with zero attached hydrogens (tertiary/aromatic N) is 3. The predicted octanol–water partition coefficient (Wildman–Crippen LogP) is 1.62. The van der Waals surface area contributed by atoms with E-state index in [9.17, 15) is 4.79 Å². The van der Waals surface area contributed by atoms with Gasteiger partial charge in [0.05, 0.1) is 11.4 Å². The molecule has 110 valence electrons. The molecule has 3 rings (SSSR count). The average Bonchev–Trinajstić information content (AvgIpc) is 3.04. The highest BCUT2D eigenvalue weighted by molar-refractivity contribution is 5.85. The van der Waals surface area contributed by atoms with Crippen LogP contribution in [0, 0.1) is 0 Å². The van der Waals surface area contributed by atoms with Crippen LogP contribution >= 0.6 is 0 Å². The van der Waals surface area contributed by atoms with Gasteiger partial charge in [-0.15, -0.1) is 0 Å². The molecule has 0 saturated carbocycles. The Morgan fingerprint density at radius 2 is 2.24 bits per heavy atom. The lowest BCUT2D eigenvalue weighted by Crippen LogP contribution is -2.19. The Labute approximate surface area is 122 Å². The third-order valence-corrected chi connectivity index (χ3v) is 3.77. The summed E-state index contributed by atoms with van der Waals surface area (Å²) in [6.45, 7) is 1.34. The molecule has 6 nitrogen and oxygen atoms in total. The smallest absolute Gasteiger partial charge is 0.354 e. The Hall–Kier alpha value is -2.21. The molecule has 0 bridgehead atoms. The Kier molecular flexibility index (Phi) is 3.70. The van der Waals surface area contributed by atoms with Gasteiger partial charge in [0.25, 0.3) is 0 Å². The van der Waals surface area contributed by atoms with E-state index in [0.29, 0.717) is 6.54 Å². The van der Waals surface area contributed by atoms with E-state index in [0.717, 1.165) is 30.8 Å². The number of aromatic nitrogens is 3. The predicted molar refractivity (Wildman–Crippen MR) is 77.0 cm³/mol. The number of carbonyl (C=O) groups is 1. The highest BCUT2D eigenvalue weighted by atomic mass is 16.4. The first kappa shape index (κ1) is 13.8. The number of rotatable bonds is 5. The van der Waals surface area contributed by atoms with Crippen molar-refractivity contribution in [3.63, 3.8) is 0 Å². The number of H-pyrrole nitrogens is 1. The molecule has 0 unspecified atom stereocenters. The lowest BCUT2D eigenvalue weighted by Gasteiger charge is -2.15. The number of nitrogens with one attached hydrogen (secondary N) is 1. The summed E-state index contributed by atoms with van der Waals surface area (Å²) in [5.41, 5.74) is 4.56. The molecule has 0 atom stereocenters. The fourth-order valence-electron chi connectivity index (χ4n) is 2.79. The normalized spacial score (nSPS) is 13.6. The van der Waals surface area contributed by atoms with E-state index in [-0.39, 0.29) is 5.69 Å². The third-order valence-electron chi connectivity index (χ3n) is 3.77. The van der Waals surface area contributed by atoms with Gasteiger partial charge in [0.1, 0.15) is 5.69 Å². The van der Waals surface area contributed by atoms with E-state index in [1.165, 1.54) is 23.7 Å². The zero-order valence-electron chi connectivity index (χ0n) is 12.0. The highest BCUT2D eigenvalue weighted by Gasteiger charge is 2.19. The molecule has 0 saturated heterocycles. The minimum Gasteiger partial charge on any atom is -0.477 e. The molecule has 21 heavy (non-hydrogen) atoms. The van der Waals surface area contributed by atoms with Crippen molar-refractivity contribution < 1.29 is 9.90 Å². The summed E-state index contributed by atoms with van der Waals surface area (Å²) in [7, 11) is 1.99. The summed E-state index contributed by atoms with van der Waals surface area (Å²) >= 11 is 0. The summed E-state index contributed by atoms with van der Waals surface area (Å²) in [6.07, 6.45) is 3.39. The first-order chi connectivity index (χ1) is 10.1. The summed E-state index contributed by atoms with van der Waals surface area (Å²) in [4.78, 5) is 17.2. The molecule has 2 aromatic heterocycles. The van der Waals surface area contributed by atoms with Crippen molar-refractivity contribution >= 4 is 5.97 Å². The lowest BCUT2D eigenvalue weighted by atomic mass is 10.2. The number of aromatic carboxylic acids is 1. The fraction of sp³-hybridized carbons (Fsp3) is 0.400. The summed E-state index contributed by atoms with van der Waals surface area (Å²) < 4.78 is 0. The van der Waals surface area contributed by atoms with Gasteiger partial charge in [-0.05, 0) is 44.0 Å². The Balaban J connectivity index is 1.67. The maximum absolute atomic E-state index is 10.9. The van der Waals surface area contributed by atoms with Crippen LogP contribution in [0.5, 0.6) is 0 Å². The van der Waals surface area contributed by atoms with Crippen LogP contribution in [0.4, 0.5) is 0 Å². The summed E-state index contributed by atoms with van der Waals surface area (Å²) in [5.74, 6) is -0.996. The van der Waals surface area contributed by atoms with Crippen LogP contribution < -0.4 is 0 Å². The van der Waals surface area contributed by atoms with Gasteiger partial charge in [0, 0.05) is 18.8 Å². The highest BCUT2D eigenvalue weighted by Crippen LogP contribution is 2.23. The second-order valence-electron chi connectivity index (χ2n) is 5.47. The number of aryl methyl sites for hydroxylation is 1.